The van der Waals surface area contributed by atoms with Crippen LogP contribution in [0, 0.1) is 39.2 Å². The molecule has 1 spiro atoms. The number of nitro groups is 1. The molecule has 0 aromatic heterocycles. The number of benzene rings is 1. The lowest BCUT2D eigenvalue weighted by molar-refractivity contribution is -0.384. The van der Waals surface area contributed by atoms with Crippen LogP contribution in [0.1, 0.15) is 18.4 Å². The Morgan fingerprint density at radius 3 is 2.36 bits per heavy atom. The molecule has 2 amide bonds. The molecule has 2 saturated carbocycles. The molecule has 0 unspecified atom stereocenters. The average Bonchev–Trinajstić information content (AvgIpc) is 3.20. The van der Waals surface area contributed by atoms with E-state index in [1.54, 1.807) is 12.1 Å². The Bertz CT molecular complexity index is 852. The molecule has 1 aromatic carbocycles. The molecule has 5 rings (SSSR count). The van der Waals surface area contributed by atoms with Crippen LogP contribution in [0.4, 0.5) is 5.69 Å². The summed E-state index contributed by atoms with van der Waals surface area (Å²) in [5, 5.41) is 15.9. The van der Waals surface area contributed by atoms with E-state index in [-0.39, 0.29) is 46.6 Å². The van der Waals surface area contributed by atoms with Crippen molar-refractivity contribution in [3.05, 3.63) is 52.1 Å². The van der Waals surface area contributed by atoms with Crippen LogP contribution in [0.2, 0.25) is 0 Å². The molecule has 2 bridgehead atoms. The van der Waals surface area contributed by atoms with Gasteiger partial charge in [0, 0.05) is 17.7 Å². The summed E-state index contributed by atoms with van der Waals surface area (Å²) in [6.45, 7) is 0. The summed E-state index contributed by atoms with van der Waals surface area (Å²) in [7, 11) is 0. The van der Waals surface area contributed by atoms with Gasteiger partial charge >= 0.3 is 0 Å². The average molecular weight is 337 g/mol. The van der Waals surface area contributed by atoms with Gasteiger partial charge < -0.3 is 0 Å². The van der Waals surface area contributed by atoms with Gasteiger partial charge in [-0.2, -0.15) is 10.1 Å². The zero-order valence-electron chi connectivity index (χ0n) is 13.2. The maximum Gasteiger partial charge on any atom is 0.270 e. The van der Waals surface area contributed by atoms with Gasteiger partial charge in [-0.1, -0.05) is 24.3 Å². The fraction of sp³-hybridized carbons (Fsp3) is 0.389. The van der Waals surface area contributed by atoms with Crippen molar-refractivity contribution in [2.45, 2.75) is 12.8 Å². The minimum Gasteiger partial charge on any atom is -0.272 e. The molecule has 4 aliphatic rings. The van der Waals surface area contributed by atoms with Crippen LogP contribution in [-0.2, 0) is 9.59 Å². The van der Waals surface area contributed by atoms with Gasteiger partial charge in [-0.25, -0.2) is 0 Å². The van der Waals surface area contributed by atoms with Crippen LogP contribution < -0.4 is 0 Å². The number of fused-ring (bicyclic) bond motifs is 3. The van der Waals surface area contributed by atoms with Crippen molar-refractivity contribution in [1.29, 1.82) is 0 Å². The highest BCUT2D eigenvalue weighted by Gasteiger charge is 2.73. The van der Waals surface area contributed by atoms with Crippen LogP contribution in [0.5, 0.6) is 0 Å². The first-order valence-electron chi connectivity index (χ1n) is 8.37. The predicted molar refractivity (Wildman–Crippen MR) is 87.3 cm³/mol. The molecule has 1 aromatic rings. The standard InChI is InChI=1S/C18H15N3O4/c22-16-14-12-4-5-13(18(12)6-7-18)15(14)17(23)20(16)19-9-10-2-1-3-11(8-10)21(24)25/h1-5,8-9,12-15H,6-7H2/b19-9-/t12-,13-,14-,15-/m1/s1. The lowest BCUT2D eigenvalue weighted by Crippen LogP contribution is -2.30. The molecular formula is C18H15N3O4. The topological polar surface area (TPSA) is 92.9 Å². The van der Waals surface area contributed by atoms with Crippen molar-refractivity contribution in [3.63, 3.8) is 0 Å². The minimum atomic E-state index is -0.494. The lowest BCUT2D eigenvalue weighted by atomic mass is 9.85. The SMILES string of the molecule is O=C1[C@H]2[C@H](C(=O)N1/N=C\c1cccc([N+](=O)[O-])c1)[C@H]1C=C[C@H]2C12CC2. The Hall–Kier alpha value is -2.83. The van der Waals surface area contributed by atoms with Crippen LogP contribution in [-0.4, -0.2) is 28.0 Å². The second-order valence-corrected chi connectivity index (χ2v) is 7.31. The molecule has 0 N–H and O–H groups in total. The molecule has 25 heavy (non-hydrogen) atoms. The van der Waals surface area contributed by atoms with Crippen molar-refractivity contribution >= 4 is 23.7 Å². The maximum atomic E-state index is 12.7. The van der Waals surface area contributed by atoms with Crippen molar-refractivity contribution in [1.82, 2.24) is 5.01 Å². The third kappa shape index (κ3) is 1.78. The van der Waals surface area contributed by atoms with Crippen LogP contribution in [0.25, 0.3) is 0 Å². The quantitative estimate of drug-likeness (QED) is 0.278. The number of rotatable bonds is 3. The third-order valence-corrected chi connectivity index (χ3v) is 6.23. The van der Waals surface area contributed by atoms with E-state index in [4.69, 9.17) is 0 Å². The van der Waals surface area contributed by atoms with Gasteiger partial charge in [0.25, 0.3) is 17.5 Å². The molecule has 0 radical (unpaired) electrons. The highest BCUT2D eigenvalue weighted by atomic mass is 16.6. The molecule has 7 nitrogen and oxygen atoms in total. The monoisotopic (exact) mass is 337 g/mol. The molecule has 3 aliphatic carbocycles. The number of non-ortho nitro benzene ring substituents is 1. The van der Waals surface area contributed by atoms with E-state index in [9.17, 15) is 19.7 Å². The normalized spacial score (nSPS) is 33.7. The Morgan fingerprint density at radius 2 is 1.80 bits per heavy atom. The van der Waals surface area contributed by atoms with Crippen molar-refractivity contribution in [2.75, 3.05) is 0 Å². The Kier molecular flexibility index (Phi) is 2.68. The Balaban J connectivity index is 1.42. The van der Waals surface area contributed by atoms with E-state index in [0.29, 0.717) is 5.56 Å². The first-order chi connectivity index (χ1) is 12.0. The number of allylic oxidation sites excluding steroid dienone is 2. The first kappa shape index (κ1) is 14.5. The minimum absolute atomic E-state index is 0.0576. The number of carbonyl (C=O) groups excluding carboxylic acids is 2. The highest BCUT2D eigenvalue weighted by Crippen LogP contribution is 2.73. The van der Waals surface area contributed by atoms with Crippen molar-refractivity contribution in [2.24, 2.45) is 34.2 Å². The number of amides is 2. The Morgan fingerprint density at radius 1 is 1.16 bits per heavy atom. The molecule has 4 atom stereocenters. The summed E-state index contributed by atoms with van der Waals surface area (Å²) in [6.07, 6.45) is 7.75. The van der Waals surface area contributed by atoms with E-state index in [2.05, 4.69) is 17.3 Å². The maximum absolute atomic E-state index is 12.7. The fourth-order valence-electron chi connectivity index (χ4n) is 5.02. The van der Waals surface area contributed by atoms with Gasteiger partial charge in [0.05, 0.1) is 23.0 Å². The summed E-state index contributed by atoms with van der Waals surface area (Å²) in [5.41, 5.74) is 0.584. The number of nitro benzene ring substituents is 1. The molecule has 7 heteroatoms. The van der Waals surface area contributed by atoms with E-state index < -0.39 is 4.92 Å². The fourth-order valence-corrected chi connectivity index (χ4v) is 5.02. The number of hydrogen-bond acceptors (Lipinski definition) is 5. The number of imide groups is 1. The first-order valence-corrected chi connectivity index (χ1v) is 8.37. The van der Waals surface area contributed by atoms with Crippen molar-refractivity contribution < 1.29 is 14.5 Å². The summed E-state index contributed by atoms with van der Waals surface area (Å²) in [5.74, 6) is -0.715. The van der Waals surface area contributed by atoms with Crippen LogP contribution >= 0.6 is 0 Å². The smallest absolute Gasteiger partial charge is 0.270 e. The largest absolute Gasteiger partial charge is 0.272 e. The number of nitrogens with zero attached hydrogens (tertiary/aromatic N) is 3. The van der Waals surface area contributed by atoms with E-state index in [0.717, 1.165) is 17.9 Å². The van der Waals surface area contributed by atoms with Gasteiger partial charge in [0.15, 0.2) is 0 Å². The van der Waals surface area contributed by atoms with Gasteiger partial charge in [-0.15, -0.1) is 0 Å². The molecule has 3 fully saturated rings. The van der Waals surface area contributed by atoms with E-state index >= 15 is 0 Å². The summed E-state index contributed by atoms with van der Waals surface area (Å²) in [4.78, 5) is 35.8. The highest BCUT2D eigenvalue weighted by molar-refractivity contribution is 6.07. The molecule has 1 saturated heterocycles. The van der Waals surface area contributed by atoms with E-state index in [1.165, 1.54) is 18.3 Å². The van der Waals surface area contributed by atoms with Gasteiger partial charge in [-0.3, -0.25) is 19.7 Å². The van der Waals surface area contributed by atoms with Crippen molar-refractivity contribution in [3.8, 4) is 0 Å². The predicted octanol–water partition coefficient (Wildman–Crippen LogP) is 2.13. The van der Waals surface area contributed by atoms with Gasteiger partial charge in [0.2, 0.25) is 0 Å². The zero-order valence-corrected chi connectivity index (χ0v) is 13.2. The summed E-state index contributed by atoms with van der Waals surface area (Å²) < 4.78 is 0. The van der Waals surface area contributed by atoms with Gasteiger partial charge in [0.1, 0.15) is 0 Å². The number of carbonyl (C=O) groups is 2. The second-order valence-electron chi connectivity index (χ2n) is 7.31. The number of hydrogen-bond donors (Lipinski definition) is 0. The second kappa shape index (κ2) is 4.62. The molecule has 1 aliphatic heterocycles. The zero-order chi connectivity index (χ0) is 17.3. The van der Waals surface area contributed by atoms with Crippen LogP contribution in [0.3, 0.4) is 0 Å². The molecule has 1 heterocycles. The van der Waals surface area contributed by atoms with Crippen LogP contribution in [0.15, 0.2) is 41.5 Å². The van der Waals surface area contributed by atoms with Gasteiger partial charge in [-0.05, 0) is 30.1 Å². The van der Waals surface area contributed by atoms with E-state index in [1.807, 2.05) is 0 Å². The lowest BCUT2D eigenvalue weighted by Gasteiger charge is -2.18. The molecular weight excluding hydrogens is 322 g/mol. The summed E-state index contributed by atoms with van der Waals surface area (Å²) in [6, 6.07) is 5.93. The number of hydrazone groups is 1. The Labute approximate surface area is 143 Å². The summed E-state index contributed by atoms with van der Waals surface area (Å²) >= 11 is 0. The third-order valence-electron chi connectivity index (χ3n) is 6.23. The molecule has 126 valence electrons.